The van der Waals surface area contributed by atoms with Gasteiger partial charge in [-0.3, -0.25) is 0 Å². The molecule has 1 unspecified atom stereocenters. The third-order valence-electron chi connectivity index (χ3n) is 2.83. The Morgan fingerprint density at radius 1 is 1.28 bits per heavy atom. The molecule has 102 valence electrons. The first-order valence-electron chi connectivity index (χ1n) is 6.76. The standard InChI is InChI=1S/C15H25NO2/c1-4-10-16-13(2)7-6-11-18-15-9-5-8-14(12-15)17-3/h5,8-9,12-13,16H,4,6-7,10-11H2,1-3H3. The van der Waals surface area contributed by atoms with Crippen LogP contribution in [-0.4, -0.2) is 26.3 Å². The van der Waals surface area contributed by atoms with Crippen molar-refractivity contribution >= 4 is 0 Å². The summed E-state index contributed by atoms with van der Waals surface area (Å²) in [6, 6.07) is 8.31. The number of rotatable bonds is 9. The van der Waals surface area contributed by atoms with Gasteiger partial charge in [-0.2, -0.15) is 0 Å². The molecule has 1 atom stereocenters. The number of nitrogens with one attached hydrogen (secondary N) is 1. The predicted octanol–water partition coefficient (Wildman–Crippen LogP) is 3.24. The van der Waals surface area contributed by atoms with Crippen LogP contribution < -0.4 is 14.8 Å². The van der Waals surface area contributed by atoms with Crippen LogP contribution in [-0.2, 0) is 0 Å². The number of hydrogen-bond acceptors (Lipinski definition) is 3. The molecule has 0 bridgehead atoms. The second kappa shape index (κ2) is 8.81. The van der Waals surface area contributed by atoms with Gasteiger partial charge in [0, 0.05) is 12.1 Å². The molecule has 0 heterocycles. The van der Waals surface area contributed by atoms with Crippen molar-refractivity contribution < 1.29 is 9.47 Å². The molecule has 0 amide bonds. The minimum atomic E-state index is 0.568. The Bertz CT molecular complexity index is 328. The lowest BCUT2D eigenvalue weighted by atomic mass is 10.2. The van der Waals surface area contributed by atoms with Gasteiger partial charge in [0.25, 0.3) is 0 Å². The summed E-state index contributed by atoms with van der Waals surface area (Å²) in [4.78, 5) is 0. The van der Waals surface area contributed by atoms with Crippen LogP contribution in [0.2, 0.25) is 0 Å². The first-order chi connectivity index (χ1) is 8.76. The van der Waals surface area contributed by atoms with E-state index >= 15 is 0 Å². The summed E-state index contributed by atoms with van der Waals surface area (Å²) >= 11 is 0. The van der Waals surface area contributed by atoms with E-state index in [0.29, 0.717) is 6.04 Å². The molecule has 0 aliphatic rings. The van der Waals surface area contributed by atoms with Crippen molar-refractivity contribution in [3.63, 3.8) is 0 Å². The third-order valence-corrected chi connectivity index (χ3v) is 2.83. The lowest BCUT2D eigenvalue weighted by molar-refractivity contribution is 0.296. The Morgan fingerprint density at radius 3 is 2.78 bits per heavy atom. The first kappa shape index (κ1) is 14.8. The van der Waals surface area contributed by atoms with Gasteiger partial charge in [-0.25, -0.2) is 0 Å². The molecule has 1 N–H and O–H groups in total. The second-order valence-corrected chi connectivity index (χ2v) is 4.52. The summed E-state index contributed by atoms with van der Waals surface area (Å²) in [7, 11) is 1.67. The van der Waals surface area contributed by atoms with Gasteiger partial charge in [0.2, 0.25) is 0 Å². The average molecular weight is 251 g/mol. The second-order valence-electron chi connectivity index (χ2n) is 4.52. The van der Waals surface area contributed by atoms with E-state index < -0.39 is 0 Å². The van der Waals surface area contributed by atoms with E-state index in [1.165, 1.54) is 6.42 Å². The van der Waals surface area contributed by atoms with Gasteiger partial charge in [-0.15, -0.1) is 0 Å². The van der Waals surface area contributed by atoms with E-state index in [2.05, 4.69) is 19.2 Å². The summed E-state index contributed by atoms with van der Waals surface area (Å²) in [5.74, 6) is 1.72. The van der Waals surface area contributed by atoms with Crippen LogP contribution in [0.4, 0.5) is 0 Å². The highest BCUT2D eigenvalue weighted by Crippen LogP contribution is 2.19. The van der Waals surface area contributed by atoms with Crippen molar-refractivity contribution in [2.24, 2.45) is 0 Å². The van der Waals surface area contributed by atoms with Crippen LogP contribution in [0, 0.1) is 0 Å². The molecule has 1 rings (SSSR count). The summed E-state index contributed by atoms with van der Waals surface area (Å²) in [5.41, 5.74) is 0. The molecular formula is C15H25NO2. The van der Waals surface area contributed by atoms with Gasteiger partial charge in [0.15, 0.2) is 0 Å². The molecular weight excluding hydrogens is 226 g/mol. The molecule has 0 saturated heterocycles. The minimum Gasteiger partial charge on any atom is -0.497 e. The van der Waals surface area contributed by atoms with Crippen LogP contribution in [0.5, 0.6) is 11.5 Å². The van der Waals surface area contributed by atoms with E-state index in [1.807, 2.05) is 24.3 Å². The monoisotopic (exact) mass is 251 g/mol. The quantitative estimate of drug-likeness (QED) is 0.683. The molecule has 1 aromatic rings. The fourth-order valence-corrected chi connectivity index (χ4v) is 1.76. The van der Waals surface area contributed by atoms with E-state index in [4.69, 9.17) is 9.47 Å². The highest BCUT2D eigenvalue weighted by molar-refractivity contribution is 5.32. The maximum absolute atomic E-state index is 5.70. The molecule has 0 fully saturated rings. The minimum absolute atomic E-state index is 0.568. The Kier molecular flexibility index (Phi) is 7.26. The summed E-state index contributed by atoms with van der Waals surface area (Å²) in [6.45, 7) is 6.26. The Morgan fingerprint density at radius 2 is 2.06 bits per heavy atom. The van der Waals surface area contributed by atoms with Crippen LogP contribution in [0.25, 0.3) is 0 Å². The molecule has 3 heteroatoms. The molecule has 18 heavy (non-hydrogen) atoms. The SMILES string of the molecule is CCCNC(C)CCCOc1cccc(OC)c1. The summed E-state index contributed by atoms with van der Waals surface area (Å²) in [6.07, 6.45) is 3.39. The van der Waals surface area contributed by atoms with E-state index in [-0.39, 0.29) is 0 Å². The van der Waals surface area contributed by atoms with Gasteiger partial charge in [0.05, 0.1) is 13.7 Å². The van der Waals surface area contributed by atoms with Crippen molar-refractivity contribution in [1.29, 1.82) is 0 Å². The molecule has 0 spiro atoms. The lowest BCUT2D eigenvalue weighted by Crippen LogP contribution is -2.26. The first-order valence-corrected chi connectivity index (χ1v) is 6.76. The zero-order valence-corrected chi connectivity index (χ0v) is 11.7. The fourth-order valence-electron chi connectivity index (χ4n) is 1.76. The van der Waals surface area contributed by atoms with Crippen LogP contribution in [0.1, 0.15) is 33.1 Å². The van der Waals surface area contributed by atoms with Gasteiger partial charge in [-0.1, -0.05) is 13.0 Å². The number of hydrogen-bond donors (Lipinski definition) is 1. The molecule has 0 aliphatic carbocycles. The molecule has 3 nitrogen and oxygen atoms in total. The zero-order valence-electron chi connectivity index (χ0n) is 11.7. The van der Waals surface area contributed by atoms with Crippen LogP contribution >= 0.6 is 0 Å². The number of benzene rings is 1. The Hall–Kier alpha value is -1.22. The molecule has 0 radical (unpaired) electrons. The topological polar surface area (TPSA) is 30.5 Å². The molecule has 0 saturated carbocycles. The highest BCUT2D eigenvalue weighted by Gasteiger charge is 2.01. The fraction of sp³-hybridized carbons (Fsp3) is 0.600. The molecule has 1 aromatic carbocycles. The van der Waals surface area contributed by atoms with Crippen LogP contribution in [0.3, 0.4) is 0 Å². The van der Waals surface area contributed by atoms with Crippen molar-refractivity contribution in [1.82, 2.24) is 5.32 Å². The lowest BCUT2D eigenvalue weighted by Gasteiger charge is -2.13. The molecule has 0 aromatic heterocycles. The van der Waals surface area contributed by atoms with Crippen molar-refractivity contribution in [3.8, 4) is 11.5 Å². The van der Waals surface area contributed by atoms with Crippen molar-refractivity contribution in [2.45, 2.75) is 39.2 Å². The van der Waals surface area contributed by atoms with Gasteiger partial charge in [0.1, 0.15) is 11.5 Å². The average Bonchev–Trinajstić information content (AvgIpc) is 2.41. The maximum Gasteiger partial charge on any atom is 0.122 e. The Labute approximate surface area is 110 Å². The van der Waals surface area contributed by atoms with Crippen molar-refractivity contribution in [2.75, 3.05) is 20.3 Å². The summed E-state index contributed by atoms with van der Waals surface area (Å²) < 4.78 is 10.8. The predicted molar refractivity (Wildman–Crippen MR) is 75.5 cm³/mol. The largest absolute Gasteiger partial charge is 0.497 e. The van der Waals surface area contributed by atoms with E-state index in [1.54, 1.807) is 7.11 Å². The van der Waals surface area contributed by atoms with E-state index in [0.717, 1.165) is 37.5 Å². The highest BCUT2D eigenvalue weighted by atomic mass is 16.5. The Balaban J connectivity index is 2.17. The zero-order chi connectivity index (χ0) is 13.2. The number of methoxy groups -OCH3 is 1. The van der Waals surface area contributed by atoms with Crippen molar-refractivity contribution in [3.05, 3.63) is 24.3 Å². The van der Waals surface area contributed by atoms with E-state index in [9.17, 15) is 0 Å². The smallest absolute Gasteiger partial charge is 0.122 e. The molecule has 0 aliphatic heterocycles. The number of ether oxygens (including phenoxy) is 2. The normalized spacial score (nSPS) is 12.2. The summed E-state index contributed by atoms with van der Waals surface area (Å²) in [5, 5.41) is 3.47. The van der Waals surface area contributed by atoms with Gasteiger partial charge < -0.3 is 14.8 Å². The van der Waals surface area contributed by atoms with Gasteiger partial charge >= 0.3 is 0 Å². The van der Waals surface area contributed by atoms with Crippen LogP contribution in [0.15, 0.2) is 24.3 Å². The third kappa shape index (κ3) is 5.92. The maximum atomic E-state index is 5.70. The van der Waals surface area contributed by atoms with Gasteiger partial charge in [-0.05, 0) is 44.9 Å².